The van der Waals surface area contributed by atoms with Crippen LogP contribution in [0, 0.1) is 0 Å². The minimum atomic E-state index is 0.552. The van der Waals surface area contributed by atoms with Gasteiger partial charge in [-0.3, -0.25) is 4.98 Å². The molecule has 1 saturated carbocycles. The van der Waals surface area contributed by atoms with Gasteiger partial charge in [0.25, 0.3) is 0 Å². The molecule has 5 nitrogen and oxygen atoms in total. The highest BCUT2D eigenvalue weighted by molar-refractivity contribution is 5.50. The number of hydrogen-bond acceptors (Lipinski definition) is 5. The third-order valence-corrected chi connectivity index (χ3v) is 3.76. The Balaban J connectivity index is 1.87. The van der Waals surface area contributed by atoms with E-state index in [-0.39, 0.29) is 0 Å². The highest BCUT2D eigenvalue weighted by Gasteiger charge is 2.27. The van der Waals surface area contributed by atoms with E-state index in [1.54, 1.807) is 0 Å². The van der Waals surface area contributed by atoms with Crippen LogP contribution in [0.1, 0.15) is 37.1 Å². The highest BCUT2D eigenvalue weighted by Crippen LogP contribution is 2.39. The summed E-state index contributed by atoms with van der Waals surface area (Å²) in [5.41, 5.74) is 1.24. The Morgan fingerprint density at radius 3 is 2.62 bits per heavy atom. The first-order valence-electron chi connectivity index (χ1n) is 7.50. The van der Waals surface area contributed by atoms with Crippen molar-refractivity contribution in [3.05, 3.63) is 42.0 Å². The zero-order valence-corrected chi connectivity index (χ0v) is 12.6. The minimum absolute atomic E-state index is 0.552. The lowest BCUT2D eigenvalue weighted by atomic mass is 10.2. The van der Waals surface area contributed by atoms with Crippen LogP contribution in [0.25, 0.3) is 0 Å². The van der Waals surface area contributed by atoms with Crippen LogP contribution in [0.15, 0.2) is 30.6 Å². The summed E-state index contributed by atoms with van der Waals surface area (Å²) >= 11 is 0. The molecule has 2 heterocycles. The van der Waals surface area contributed by atoms with Gasteiger partial charge in [0.15, 0.2) is 0 Å². The largest absolute Gasteiger partial charge is 0.373 e. The second kappa shape index (κ2) is 6.08. The van der Waals surface area contributed by atoms with Gasteiger partial charge in [-0.1, -0.05) is 0 Å². The lowest BCUT2D eigenvalue weighted by molar-refractivity contribution is 0.794. The molecule has 1 fully saturated rings. The van der Waals surface area contributed by atoms with Crippen molar-refractivity contribution >= 4 is 11.6 Å². The van der Waals surface area contributed by atoms with E-state index in [0.29, 0.717) is 5.92 Å². The first kappa shape index (κ1) is 13.8. The summed E-state index contributed by atoms with van der Waals surface area (Å²) in [6.45, 7) is 3.90. The maximum atomic E-state index is 4.77. The molecule has 5 heteroatoms. The van der Waals surface area contributed by atoms with Crippen molar-refractivity contribution in [2.75, 3.05) is 23.8 Å². The van der Waals surface area contributed by atoms with E-state index in [9.17, 15) is 0 Å². The second-order valence-corrected chi connectivity index (χ2v) is 5.36. The standard InChI is InChI=1S/C16H21N5/c1-3-21(11-12-6-8-18-9-7-12)15-10-14(17-2)19-16(20-15)13-4-5-13/h6-10,13H,3-5,11H2,1-2H3,(H,17,19,20). The van der Waals surface area contributed by atoms with Crippen molar-refractivity contribution < 1.29 is 0 Å². The number of anilines is 2. The maximum Gasteiger partial charge on any atom is 0.136 e. The van der Waals surface area contributed by atoms with Crippen LogP contribution >= 0.6 is 0 Å². The average molecular weight is 283 g/mol. The van der Waals surface area contributed by atoms with E-state index >= 15 is 0 Å². The van der Waals surface area contributed by atoms with E-state index in [4.69, 9.17) is 4.98 Å². The maximum absolute atomic E-state index is 4.77. The van der Waals surface area contributed by atoms with E-state index < -0.39 is 0 Å². The smallest absolute Gasteiger partial charge is 0.136 e. The molecule has 0 saturated heterocycles. The Morgan fingerprint density at radius 2 is 2.00 bits per heavy atom. The lowest BCUT2D eigenvalue weighted by Gasteiger charge is -2.23. The molecule has 0 aliphatic heterocycles. The molecule has 0 bridgehead atoms. The predicted molar refractivity (Wildman–Crippen MR) is 84.5 cm³/mol. The van der Waals surface area contributed by atoms with Gasteiger partial charge in [-0.05, 0) is 37.5 Å². The molecule has 2 aromatic rings. The Morgan fingerprint density at radius 1 is 1.24 bits per heavy atom. The van der Waals surface area contributed by atoms with E-state index in [1.165, 1.54) is 18.4 Å². The molecule has 0 unspecified atom stereocenters. The molecule has 0 spiro atoms. The van der Waals surface area contributed by atoms with Crippen LogP contribution in [0.5, 0.6) is 0 Å². The first-order valence-corrected chi connectivity index (χ1v) is 7.50. The molecule has 0 radical (unpaired) electrons. The number of hydrogen-bond donors (Lipinski definition) is 1. The number of pyridine rings is 1. The molecule has 1 aliphatic rings. The van der Waals surface area contributed by atoms with Gasteiger partial charge in [-0.2, -0.15) is 0 Å². The van der Waals surface area contributed by atoms with Crippen molar-refractivity contribution in [1.82, 2.24) is 15.0 Å². The van der Waals surface area contributed by atoms with Crippen LogP contribution < -0.4 is 10.2 Å². The molecular formula is C16H21N5. The fraction of sp³-hybridized carbons (Fsp3) is 0.438. The lowest BCUT2D eigenvalue weighted by Crippen LogP contribution is -2.24. The second-order valence-electron chi connectivity index (χ2n) is 5.36. The molecule has 0 atom stereocenters. The summed E-state index contributed by atoms with van der Waals surface area (Å²) < 4.78 is 0. The molecule has 21 heavy (non-hydrogen) atoms. The molecule has 3 rings (SSSR count). The Labute approximate surface area is 125 Å². The van der Waals surface area contributed by atoms with Crippen LogP contribution in [0.3, 0.4) is 0 Å². The quantitative estimate of drug-likeness (QED) is 0.883. The van der Waals surface area contributed by atoms with Crippen molar-refractivity contribution in [2.45, 2.75) is 32.2 Å². The zero-order valence-electron chi connectivity index (χ0n) is 12.6. The van der Waals surface area contributed by atoms with Gasteiger partial charge < -0.3 is 10.2 Å². The summed E-state index contributed by atoms with van der Waals surface area (Å²) in [5, 5.41) is 3.15. The highest BCUT2D eigenvalue weighted by atomic mass is 15.2. The van der Waals surface area contributed by atoms with Gasteiger partial charge >= 0.3 is 0 Å². The van der Waals surface area contributed by atoms with Crippen LogP contribution in [0.4, 0.5) is 11.6 Å². The van der Waals surface area contributed by atoms with Crippen molar-refractivity contribution in [3.63, 3.8) is 0 Å². The Hall–Kier alpha value is -2.17. The van der Waals surface area contributed by atoms with Gasteiger partial charge in [-0.15, -0.1) is 0 Å². The molecular weight excluding hydrogens is 262 g/mol. The average Bonchev–Trinajstić information content (AvgIpc) is 3.38. The monoisotopic (exact) mass is 283 g/mol. The van der Waals surface area contributed by atoms with Crippen molar-refractivity contribution in [2.24, 2.45) is 0 Å². The van der Waals surface area contributed by atoms with Gasteiger partial charge in [0, 0.05) is 44.5 Å². The Kier molecular flexibility index (Phi) is 3.99. The Bertz CT molecular complexity index is 595. The fourth-order valence-electron chi connectivity index (χ4n) is 2.33. The van der Waals surface area contributed by atoms with Crippen molar-refractivity contribution in [3.8, 4) is 0 Å². The summed E-state index contributed by atoms with van der Waals surface area (Å²) in [7, 11) is 1.90. The third-order valence-electron chi connectivity index (χ3n) is 3.76. The summed E-state index contributed by atoms with van der Waals surface area (Å²) in [6.07, 6.45) is 6.09. The first-order chi connectivity index (χ1) is 10.3. The van der Waals surface area contributed by atoms with E-state index in [1.807, 2.05) is 37.6 Å². The molecule has 1 N–H and O–H groups in total. The number of rotatable bonds is 6. The summed E-state index contributed by atoms with van der Waals surface area (Å²) in [4.78, 5) is 15.7. The molecule has 110 valence electrons. The predicted octanol–water partition coefficient (Wildman–Crippen LogP) is 2.82. The summed E-state index contributed by atoms with van der Waals surface area (Å²) in [6, 6.07) is 6.12. The fourth-order valence-corrected chi connectivity index (χ4v) is 2.33. The summed E-state index contributed by atoms with van der Waals surface area (Å²) in [5.74, 6) is 3.42. The third kappa shape index (κ3) is 3.29. The van der Waals surface area contributed by atoms with Gasteiger partial charge in [0.05, 0.1) is 0 Å². The number of aromatic nitrogens is 3. The molecule has 1 aliphatic carbocycles. The van der Waals surface area contributed by atoms with Crippen LogP contribution in [0.2, 0.25) is 0 Å². The van der Waals surface area contributed by atoms with E-state index in [0.717, 1.165) is 30.5 Å². The molecule has 0 aromatic carbocycles. The van der Waals surface area contributed by atoms with Gasteiger partial charge in [0.1, 0.15) is 17.5 Å². The number of nitrogens with one attached hydrogen (secondary N) is 1. The minimum Gasteiger partial charge on any atom is -0.373 e. The molecule has 2 aromatic heterocycles. The van der Waals surface area contributed by atoms with E-state index in [2.05, 4.69) is 27.1 Å². The van der Waals surface area contributed by atoms with Crippen LogP contribution in [-0.2, 0) is 6.54 Å². The normalized spacial score (nSPS) is 14.0. The molecule has 0 amide bonds. The van der Waals surface area contributed by atoms with Crippen LogP contribution in [-0.4, -0.2) is 28.5 Å². The topological polar surface area (TPSA) is 53.9 Å². The SMILES string of the molecule is CCN(Cc1ccncc1)c1cc(NC)nc(C2CC2)n1. The van der Waals surface area contributed by atoms with Gasteiger partial charge in [-0.25, -0.2) is 9.97 Å². The van der Waals surface area contributed by atoms with Crippen molar-refractivity contribution in [1.29, 1.82) is 0 Å². The van der Waals surface area contributed by atoms with Gasteiger partial charge in [0.2, 0.25) is 0 Å². The number of nitrogens with zero attached hydrogens (tertiary/aromatic N) is 4. The zero-order chi connectivity index (χ0) is 14.7.